The maximum Gasteiger partial charge on any atom is 0.333 e. The summed E-state index contributed by atoms with van der Waals surface area (Å²) in [5.74, 6) is -0.823. The van der Waals surface area contributed by atoms with Gasteiger partial charge >= 0.3 is 5.97 Å². The minimum atomic E-state index is -0.804. The molecule has 0 radical (unpaired) electrons. The quantitative estimate of drug-likeness (QED) is 0.684. The van der Waals surface area contributed by atoms with Crippen LogP contribution >= 0.6 is 15.9 Å². The summed E-state index contributed by atoms with van der Waals surface area (Å²) in [4.78, 5) is 23.5. The van der Waals surface area contributed by atoms with Gasteiger partial charge in [0, 0.05) is 10.5 Å². The minimum Gasteiger partial charge on any atom is -0.467 e. The van der Waals surface area contributed by atoms with Gasteiger partial charge in [0.15, 0.2) is 6.04 Å². The van der Waals surface area contributed by atoms with Gasteiger partial charge in [-0.25, -0.2) is 4.79 Å². The Kier molecular flexibility index (Phi) is 5.76. The predicted molar refractivity (Wildman–Crippen MR) is 76.5 cm³/mol. The molecule has 0 aliphatic carbocycles. The smallest absolute Gasteiger partial charge is 0.333 e. The molecule has 1 N–H and O–H groups in total. The fourth-order valence-electron chi connectivity index (χ4n) is 1.50. The number of allylic oxidation sites excluding steroid dienone is 1. The molecular formula is C14H16BrNO3. The lowest BCUT2D eigenvalue weighted by molar-refractivity contribution is -0.144. The van der Waals surface area contributed by atoms with Crippen LogP contribution in [0.1, 0.15) is 25.5 Å². The van der Waals surface area contributed by atoms with Gasteiger partial charge < -0.3 is 10.1 Å². The number of ether oxygens (including phenoxy) is 1. The zero-order valence-corrected chi connectivity index (χ0v) is 12.7. The molecule has 1 atom stereocenters. The molecule has 1 aromatic rings. The molecule has 0 bridgehead atoms. The number of halogens is 1. The van der Waals surface area contributed by atoms with E-state index in [9.17, 15) is 9.59 Å². The summed E-state index contributed by atoms with van der Waals surface area (Å²) in [6.45, 7) is 3.62. The monoisotopic (exact) mass is 325 g/mol. The van der Waals surface area contributed by atoms with Gasteiger partial charge in [-0.3, -0.25) is 4.79 Å². The van der Waals surface area contributed by atoms with E-state index in [0.717, 1.165) is 10.0 Å². The highest BCUT2D eigenvalue weighted by atomic mass is 79.9. The zero-order valence-electron chi connectivity index (χ0n) is 11.1. The number of esters is 1. The van der Waals surface area contributed by atoms with Crippen LogP contribution in [-0.4, -0.2) is 19.0 Å². The van der Waals surface area contributed by atoms with E-state index < -0.39 is 12.0 Å². The van der Waals surface area contributed by atoms with Gasteiger partial charge in [-0.05, 0) is 31.5 Å². The van der Waals surface area contributed by atoms with Crippen molar-refractivity contribution < 1.29 is 14.3 Å². The fraction of sp³-hybridized carbons (Fsp3) is 0.286. The maximum absolute atomic E-state index is 11.7. The Morgan fingerprint density at radius 2 is 1.84 bits per heavy atom. The summed E-state index contributed by atoms with van der Waals surface area (Å²) >= 11 is 3.32. The molecule has 0 aliphatic rings. The van der Waals surface area contributed by atoms with Gasteiger partial charge in [-0.1, -0.05) is 33.6 Å². The van der Waals surface area contributed by atoms with E-state index in [0.29, 0.717) is 5.56 Å². The van der Waals surface area contributed by atoms with Crippen LogP contribution in [0, 0.1) is 0 Å². The standard InChI is InChI=1S/C14H16BrNO3/c1-9(2)8-12(17)16-13(14(18)19-3)10-4-6-11(15)7-5-10/h4-8,13H,1-3H3,(H,16,17). The molecule has 5 heteroatoms. The van der Waals surface area contributed by atoms with Crippen LogP contribution in [0.2, 0.25) is 0 Å². The van der Waals surface area contributed by atoms with Crippen LogP contribution in [0.4, 0.5) is 0 Å². The summed E-state index contributed by atoms with van der Waals surface area (Å²) in [5, 5.41) is 2.63. The highest BCUT2D eigenvalue weighted by Gasteiger charge is 2.22. The molecule has 0 fully saturated rings. The van der Waals surface area contributed by atoms with Crippen molar-refractivity contribution in [2.24, 2.45) is 0 Å². The summed E-state index contributed by atoms with van der Waals surface area (Å²) < 4.78 is 5.62. The van der Waals surface area contributed by atoms with E-state index in [1.165, 1.54) is 13.2 Å². The lowest BCUT2D eigenvalue weighted by Gasteiger charge is -2.16. The molecule has 1 unspecified atom stereocenters. The highest BCUT2D eigenvalue weighted by molar-refractivity contribution is 9.10. The highest BCUT2D eigenvalue weighted by Crippen LogP contribution is 2.18. The minimum absolute atomic E-state index is 0.321. The van der Waals surface area contributed by atoms with Crippen LogP contribution in [-0.2, 0) is 14.3 Å². The number of methoxy groups -OCH3 is 1. The molecular weight excluding hydrogens is 310 g/mol. The molecule has 0 saturated heterocycles. The van der Waals surface area contributed by atoms with Gasteiger partial charge in [0.05, 0.1) is 7.11 Å². The summed E-state index contributed by atoms with van der Waals surface area (Å²) in [7, 11) is 1.29. The topological polar surface area (TPSA) is 55.4 Å². The summed E-state index contributed by atoms with van der Waals surface area (Å²) in [6, 6.07) is 6.32. The average molecular weight is 326 g/mol. The first-order valence-corrected chi connectivity index (χ1v) is 6.52. The molecule has 0 heterocycles. The molecule has 102 valence electrons. The van der Waals surface area contributed by atoms with E-state index in [4.69, 9.17) is 4.74 Å². The number of hydrogen-bond acceptors (Lipinski definition) is 3. The third-order valence-electron chi connectivity index (χ3n) is 2.35. The van der Waals surface area contributed by atoms with Crippen molar-refractivity contribution in [2.45, 2.75) is 19.9 Å². The number of benzene rings is 1. The Bertz CT molecular complexity index is 490. The van der Waals surface area contributed by atoms with Crippen molar-refractivity contribution in [2.75, 3.05) is 7.11 Å². The van der Waals surface area contributed by atoms with E-state index in [2.05, 4.69) is 21.2 Å². The Balaban J connectivity index is 2.96. The van der Waals surface area contributed by atoms with Gasteiger partial charge in [0.1, 0.15) is 0 Å². The normalized spacial score (nSPS) is 11.4. The molecule has 0 saturated carbocycles. The van der Waals surface area contributed by atoms with Crippen molar-refractivity contribution in [1.82, 2.24) is 5.32 Å². The van der Waals surface area contributed by atoms with E-state index >= 15 is 0 Å². The van der Waals surface area contributed by atoms with E-state index in [1.54, 1.807) is 24.3 Å². The number of hydrogen-bond donors (Lipinski definition) is 1. The predicted octanol–water partition coefficient (Wildman–Crippen LogP) is 2.75. The molecule has 0 aromatic heterocycles. The lowest BCUT2D eigenvalue weighted by atomic mass is 10.1. The van der Waals surface area contributed by atoms with Crippen LogP contribution in [0.25, 0.3) is 0 Å². The molecule has 1 aromatic carbocycles. The molecule has 0 aliphatic heterocycles. The molecule has 1 rings (SSSR count). The van der Waals surface area contributed by atoms with Crippen LogP contribution in [0.5, 0.6) is 0 Å². The van der Waals surface area contributed by atoms with Gasteiger partial charge in [0.25, 0.3) is 0 Å². The van der Waals surface area contributed by atoms with Crippen molar-refractivity contribution in [3.8, 4) is 0 Å². The van der Waals surface area contributed by atoms with Gasteiger partial charge in [-0.2, -0.15) is 0 Å². The number of carbonyl (C=O) groups is 2. The van der Waals surface area contributed by atoms with Crippen LogP contribution in [0.15, 0.2) is 40.4 Å². The van der Waals surface area contributed by atoms with Crippen molar-refractivity contribution >= 4 is 27.8 Å². The van der Waals surface area contributed by atoms with Crippen molar-refractivity contribution in [3.05, 3.63) is 46.0 Å². The Hall–Kier alpha value is -1.62. The van der Waals surface area contributed by atoms with Gasteiger partial charge in [0.2, 0.25) is 5.91 Å². The van der Waals surface area contributed by atoms with Crippen molar-refractivity contribution in [3.63, 3.8) is 0 Å². The number of nitrogens with one attached hydrogen (secondary N) is 1. The van der Waals surface area contributed by atoms with Gasteiger partial charge in [-0.15, -0.1) is 0 Å². The van der Waals surface area contributed by atoms with E-state index in [1.807, 2.05) is 13.8 Å². The fourth-order valence-corrected chi connectivity index (χ4v) is 1.76. The largest absolute Gasteiger partial charge is 0.467 e. The summed E-state index contributed by atoms with van der Waals surface area (Å²) in [6.07, 6.45) is 1.44. The Labute approximate surface area is 121 Å². The molecule has 0 spiro atoms. The van der Waals surface area contributed by atoms with E-state index in [-0.39, 0.29) is 5.91 Å². The molecule has 1 amide bonds. The first-order valence-electron chi connectivity index (χ1n) is 5.72. The number of rotatable bonds is 4. The second-order valence-corrected chi connectivity index (χ2v) is 5.15. The maximum atomic E-state index is 11.7. The average Bonchev–Trinajstić information content (AvgIpc) is 2.35. The zero-order chi connectivity index (χ0) is 14.4. The summed E-state index contributed by atoms with van der Waals surface area (Å²) in [5.41, 5.74) is 1.53. The Morgan fingerprint density at radius 1 is 1.26 bits per heavy atom. The first-order chi connectivity index (χ1) is 8.93. The van der Waals surface area contributed by atoms with Crippen molar-refractivity contribution in [1.29, 1.82) is 0 Å². The third-order valence-corrected chi connectivity index (χ3v) is 2.88. The third kappa shape index (κ3) is 4.87. The first kappa shape index (κ1) is 15.4. The van der Waals surface area contributed by atoms with Crippen LogP contribution < -0.4 is 5.32 Å². The lowest BCUT2D eigenvalue weighted by Crippen LogP contribution is -2.33. The number of amides is 1. The number of carbonyl (C=O) groups excluding carboxylic acids is 2. The second kappa shape index (κ2) is 7.09. The van der Waals surface area contributed by atoms with Crippen LogP contribution in [0.3, 0.4) is 0 Å². The molecule has 4 nitrogen and oxygen atoms in total. The SMILES string of the molecule is COC(=O)C(NC(=O)C=C(C)C)c1ccc(Br)cc1. The Morgan fingerprint density at radius 3 is 2.32 bits per heavy atom. The second-order valence-electron chi connectivity index (χ2n) is 4.24. The molecule has 19 heavy (non-hydrogen) atoms.